The molecule has 0 aliphatic carbocycles. The second-order valence-electron chi connectivity index (χ2n) is 0.467. The Balaban J connectivity index is -0.000000125. The molecule has 1 atom stereocenters. The molecule has 0 rings (SSSR count). The Morgan fingerprint density at radius 1 is 2.00 bits per heavy atom. The normalized spacial score (nSPS) is 11.0. The molecule has 0 bridgehead atoms. The van der Waals surface area contributed by atoms with Gasteiger partial charge in [-0.1, -0.05) is 6.58 Å². The molecule has 0 amide bonds. The molecular weight excluding hydrogens is 127 g/mol. The Labute approximate surface area is 68.0 Å². The van der Waals surface area contributed by atoms with Crippen LogP contribution in [0.2, 0.25) is 0 Å². The third-order valence-electron chi connectivity index (χ3n) is 0.147. The van der Waals surface area contributed by atoms with Crippen LogP contribution in [0.4, 0.5) is 0 Å². The number of rotatable bonds is 2. The zero-order chi connectivity index (χ0) is 4.99. The van der Waals surface area contributed by atoms with Gasteiger partial charge < -0.3 is 10.2 Å². The average molecular weight is 131 g/mol. The molecule has 7 heavy (non-hydrogen) atoms. The minimum Gasteiger partial charge on any atom is -1.00 e. The molecule has 0 aliphatic heterocycles. The Kier molecular flexibility index (Phi) is 10.1. The van der Waals surface area contributed by atoms with Crippen molar-refractivity contribution in [3.05, 3.63) is 12.8 Å². The third-order valence-corrected chi connectivity index (χ3v) is 0.440. The summed E-state index contributed by atoms with van der Waals surface area (Å²) in [6.07, 6.45) is 0.836. The van der Waals surface area contributed by atoms with E-state index in [9.17, 15) is 8.76 Å². The van der Waals surface area contributed by atoms with E-state index in [-0.39, 0.29) is 31.0 Å². The molecule has 0 radical (unpaired) electrons. The van der Waals surface area contributed by atoms with Crippen LogP contribution in [0.1, 0.15) is 1.43 Å². The van der Waals surface area contributed by atoms with Gasteiger partial charge in [0.2, 0.25) is 0 Å². The first-order valence-electron chi connectivity index (χ1n) is 1.14. The summed E-state index contributed by atoms with van der Waals surface area (Å²) in [5.74, 6) is 0. The summed E-state index contributed by atoms with van der Waals surface area (Å²) >= 11 is -2.43. The van der Waals surface area contributed by atoms with Gasteiger partial charge in [0.05, 0.1) is 6.26 Å². The predicted molar refractivity (Wildman–Crippen MR) is 21.3 cm³/mol. The van der Waals surface area contributed by atoms with Gasteiger partial charge in [-0.3, -0.25) is 0 Å². The van der Waals surface area contributed by atoms with E-state index in [1.807, 2.05) is 0 Å². The summed E-state index contributed by atoms with van der Waals surface area (Å²) < 4.78 is 22.3. The van der Waals surface area contributed by atoms with Crippen molar-refractivity contribution in [1.82, 2.24) is 0 Å². The number of hydrogen-bond acceptors (Lipinski definition) is 3. The molecular formula is C2H4NaO3S-. The Morgan fingerprint density at radius 2 is 2.43 bits per heavy atom. The summed E-state index contributed by atoms with van der Waals surface area (Å²) in [6.45, 7) is 2.99. The van der Waals surface area contributed by atoms with Crippen LogP contribution in [0.5, 0.6) is 0 Å². The van der Waals surface area contributed by atoms with E-state index in [0.717, 1.165) is 6.26 Å². The second-order valence-corrected chi connectivity index (χ2v) is 1.07. The van der Waals surface area contributed by atoms with Crippen LogP contribution in [0.3, 0.4) is 0 Å². The van der Waals surface area contributed by atoms with Crippen LogP contribution in [0, 0.1) is 0 Å². The maximum absolute atomic E-state index is 9.31. The largest absolute Gasteiger partial charge is 1.00 e. The molecule has 0 spiro atoms. The molecule has 0 aliphatic rings. The van der Waals surface area contributed by atoms with Crippen molar-refractivity contribution in [3.63, 3.8) is 0 Å². The molecule has 0 saturated carbocycles. The van der Waals surface area contributed by atoms with Gasteiger partial charge in [-0.25, -0.2) is 4.21 Å². The number of hydrogen-bond donors (Lipinski definition) is 0. The van der Waals surface area contributed by atoms with Gasteiger partial charge in [-0.05, 0) is 0 Å². The van der Waals surface area contributed by atoms with Crippen LogP contribution in [-0.4, -0.2) is 8.76 Å². The Hall–Kier alpha value is 0.650. The first-order valence-corrected chi connectivity index (χ1v) is 2.14. The van der Waals surface area contributed by atoms with Crippen molar-refractivity contribution in [2.45, 2.75) is 0 Å². The minimum atomic E-state index is -2.43. The predicted octanol–water partition coefficient (Wildman–Crippen LogP) is -2.94. The average Bonchev–Trinajstić information content (AvgIpc) is 1.35. The Bertz CT molecular complexity index is 77.7. The van der Waals surface area contributed by atoms with Crippen LogP contribution in [-0.2, 0) is 15.5 Å². The molecule has 1 unspecified atom stereocenters. The van der Waals surface area contributed by atoms with Gasteiger partial charge in [0.1, 0.15) is 11.4 Å². The second kappa shape index (κ2) is 6.65. The quantitative estimate of drug-likeness (QED) is 0.229. The molecule has 0 saturated heterocycles. The van der Waals surface area contributed by atoms with Crippen LogP contribution in [0.25, 0.3) is 0 Å². The molecule has 0 aromatic carbocycles. The summed E-state index contributed by atoms with van der Waals surface area (Å²) in [5.41, 5.74) is 0. The van der Waals surface area contributed by atoms with Gasteiger partial charge >= 0.3 is 29.6 Å². The zero-order valence-corrected chi connectivity index (χ0v) is 6.73. The molecule has 0 heterocycles. The fourth-order valence-electron chi connectivity index (χ4n) is 0.0556. The van der Waals surface area contributed by atoms with Crippen molar-refractivity contribution in [3.8, 4) is 0 Å². The maximum Gasteiger partial charge on any atom is 1.00 e. The summed E-state index contributed by atoms with van der Waals surface area (Å²) in [6, 6.07) is 0. The van der Waals surface area contributed by atoms with Gasteiger partial charge in [0, 0.05) is 0 Å². The van der Waals surface area contributed by atoms with E-state index in [0.29, 0.717) is 0 Å². The topological polar surface area (TPSA) is 49.4 Å². The van der Waals surface area contributed by atoms with Gasteiger partial charge in [-0.2, -0.15) is 0 Å². The van der Waals surface area contributed by atoms with Gasteiger partial charge in [0.25, 0.3) is 0 Å². The smallest absolute Gasteiger partial charge is 1.00 e. The fourth-order valence-corrected chi connectivity index (χ4v) is 0.167. The molecule has 0 aromatic heterocycles. The van der Waals surface area contributed by atoms with Crippen LogP contribution in [0.15, 0.2) is 12.8 Å². The first kappa shape index (κ1) is 10.6. The van der Waals surface area contributed by atoms with Crippen molar-refractivity contribution in [2.75, 3.05) is 0 Å². The van der Waals surface area contributed by atoms with Gasteiger partial charge in [0.15, 0.2) is 0 Å². The molecule has 0 aromatic rings. The molecule has 38 valence electrons. The summed E-state index contributed by atoms with van der Waals surface area (Å²) in [7, 11) is 0. The zero-order valence-electron chi connectivity index (χ0n) is 4.92. The standard InChI is InChI=1S/C2H4O3S.Na.H/c1-2-5-6(3)4;;/h2H,1H2,(H,3,4);;/q;+1;-1/p-1. The van der Waals surface area contributed by atoms with E-state index >= 15 is 0 Å². The SMILES string of the molecule is C=COS(=O)[O-].[H-].[Na+]. The van der Waals surface area contributed by atoms with Crippen molar-refractivity contribution < 1.29 is 43.9 Å². The van der Waals surface area contributed by atoms with Crippen molar-refractivity contribution >= 4 is 11.4 Å². The molecule has 3 nitrogen and oxygen atoms in total. The Morgan fingerprint density at radius 3 is 2.43 bits per heavy atom. The first-order chi connectivity index (χ1) is 2.77. The van der Waals surface area contributed by atoms with E-state index < -0.39 is 11.4 Å². The van der Waals surface area contributed by atoms with E-state index in [4.69, 9.17) is 0 Å². The van der Waals surface area contributed by atoms with Crippen LogP contribution < -0.4 is 29.6 Å². The third kappa shape index (κ3) is 10.8. The maximum atomic E-state index is 9.31. The van der Waals surface area contributed by atoms with Crippen molar-refractivity contribution in [2.24, 2.45) is 0 Å². The van der Waals surface area contributed by atoms with E-state index in [1.165, 1.54) is 0 Å². The van der Waals surface area contributed by atoms with E-state index in [1.54, 1.807) is 0 Å². The summed E-state index contributed by atoms with van der Waals surface area (Å²) in [4.78, 5) is 0. The summed E-state index contributed by atoms with van der Waals surface area (Å²) in [5, 5.41) is 0. The fraction of sp³-hybridized carbons (Fsp3) is 0. The van der Waals surface area contributed by atoms with Crippen molar-refractivity contribution in [1.29, 1.82) is 0 Å². The molecule has 5 heteroatoms. The van der Waals surface area contributed by atoms with Gasteiger partial charge in [-0.15, -0.1) is 0 Å². The minimum absolute atomic E-state index is 0. The molecule has 0 fully saturated rings. The van der Waals surface area contributed by atoms with E-state index in [2.05, 4.69) is 10.8 Å². The monoisotopic (exact) mass is 131 g/mol. The van der Waals surface area contributed by atoms with Crippen LogP contribution >= 0.6 is 0 Å². The molecule has 0 N–H and O–H groups in total.